The van der Waals surface area contributed by atoms with Gasteiger partial charge in [0, 0.05) is 14.4 Å². The largest absolute Gasteiger partial charge is 0.486 e. The molecule has 3 rings (SSSR count). The third-order valence-electron chi connectivity index (χ3n) is 3.75. The van der Waals surface area contributed by atoms with Crippen molar-refractivity contribution in [3.63, 3.8) is 0 Å². The monoisotopic (exact) mass is 464 g/mol. The van der Waals surface area contributed by atoms with E-state index >= 15 is 0 Å². The summed E-state index contributed by atoms with van der Waals surface area (Å²) in [6.45, 7) is 2.43. The Bertz CT molecular complexity index is 941. The lowest BCUT2D eigenvalue weighted by molar-refractivity contribution is 0.105. The lowest BCUT2D eigenvalue weighted by Crippen LogP contribution is -1.93. The maximum absolute atomic E-state index is 12.4. The molecule has 2 aromatic heterocycles. The van der Waals surface area contributed by atoms with Crippen LogP contribution in [0.3, 0.4) is 0 Å². The van der Waals surface area contributed by atoms with E-state index in [2.05, 4.69) is 22.9 Å². The maximum Gasteiger partial charge on any atom is 0.195 e. The van der Waals surface area contributed by atoms with E-state index in [1.807, 2.05) is 18.2 Å². The van der Waals surface area contributed by atoms with Crippen molar-refractivity contribution in [2.45, 2.75) is 26.4 Å². The molecular formula is C21H18BrClO3S. The number of ketones is 1. The van der Waals surface area contributed by atoms with Gasteiger partial charge in [0.15, 0.2) is 5.78 Å². The number of hydrogen-bond acceptors (Lipinski definition) is 4. The molecule has 3 nitrogen and oxygen atoms in total. The van der Waals surface area contributed by atoms with Crippen LogP contribution in [0.15, 0.2) is 57.4 Å². The van der Waals surface area contributed by atoms with Crippen LogP contribution in [0.2, 0.25) is 5.02 Å². The van der Waals surface area contributed by atoms with E-state index in [-0.39, 0.29) is 5.78 Å². The number of benzene rings is 1. The predicted molar refractivity (Wildman–Crippen MR) is 114 cm³/mol. The molecule has 6 heteroatoms. The molecule has 0 aliphatic carbocycles. The minimum Gasteiger partial charge on any atom is -0.486 e. The Morgan fingerprint density at radius 1 is 1.26 bits per heavy atom. The smallest absolute Gasteiger partial charge is 0.195 e. The number of allylic oxidation sites excluding steroid dienone is 1. The van der Waals surface area contributed by atoms with Gasteiger partial charge in [0.05, 0.1) is 4.88 Å². The van der Waals surface area contributed by atoms with Crippen LogP contribution in [0.5, 0.6) is 5.75 Å². The second-order valence-electron chi connectivity index (χ2n) is 5.88. The molecule has 0 amide bonds. The summed E-state index contributed by atoms with van der Waals surface area (Å²) in [6, 6.07) is 12.7. The van der Waals surface area contributed by atoms with Crippen molar-refractivity contribution in [3.8, 4) is 5.75 Å². The zero-order valence-electron chi connectivity index (χ0n) is 14.7. The van der Waals surface area contributed by atoms with Crippen LogP contribution in [-0.2, 0) is 13.0 Å². The fourth-order valence-corrected chi connectivity index (χ4v) is 4.43. The van der Waals surface area contributed by atoms with E-state index in [4.69, 9.17) is 20.8 Å². The molecule has 0 aliphatic rings. The van der Waals surface area contributed by atoms with Crippen LogP contribution in [0.4, 0.5) is 0 Å². The van der Waals surface area contributed by atoms with E-state index < -0.39 is 0 Å². The Morgan fingerprint density at radius 2 is 2.04 bits per heavy atom. The van der Waals surface area contributed by atoms with Gasteiger partial charge in [0.25, 0.3) is 0 Å². The highest BCUT2D eigenvalue weighted by Crippen LogP contribution is 2.29. The number of ether oxygens (including phenoxy) is 1. The third kappa shape index (κ3) is 5.58. The van der Waals surface area contributed by atoms with E-state index in [9.17, 15) is 4.79 Å². The summed E-state index contributed by atoms with van der Waals surface area (Å²) in [5.74, 6) is 1.98. The molecule has 0 N–H and O–H groups in total. The number of rotatable bonds is 8. The zero-order chi connectivity index (χ0) is 19.2. The first-order valence-electron chi connectivity index (χ1n) is 8.53. The Balaban J connectivity index is 1.58. The molecule has 140 valence electrons. The van der Waals surface area contributed by atoms with Gasteiger partial charge in [0.1, 0.15) is 23.9 Å². The van der Waals surface area contributed by atoms with Gasteiger partial charge in [-0.1, -0.05) is 24.9 Å². The first-order valence-corrected chi connectivity index (χ1v) is 10.5. The molecule has 0 saturated carbocycles. The number of halogens is 2. The molecule has 0 unspecified atom stereocenters. The Morgan fingerprint density at radius 3 is 2.78 bits per heavy atom. The van der Waals surface area contributed by atoms with Crippen LogP contribution >= 0.6 is 38.9 Å². The second kappa shape index (κ2) is 9.40. The summed E-state index contributed by atoms with van der Waals surface area (Å²) in [5, 5.41) is 0.664. The van der Waals surface area contributed by atoms with Crippen molar-refractivity contribution < 1.29 is 13.9 Å². The number of aryl methyl sites for hydroxylation is 1. The Hall–Kier alpha value is -1.82. The minimum absolute atomic E-state index is 0.0292. The summed E-state index contributed by atoms with van der Waals surface area (Å²) < 4.78 is 12.3. The Labute approximate surface area is 175 Å². The first kappa shape index (κ1) is 19.9. The molecule has 0 spiro atoms. The number of carbonyl (C=O) groups is 1. The highest BCUT2D eigenvalue weighted by Gasteiger charge is 2.11. The fourth-order valence-electron chi connectivity index (χ4n) is 2.41. The molecule has 0 saturated heterocycles. The summed E-state index contributed by atoms with van der Waals surface area (Å²) in [5.41, 5.74) is 0. The van der Waals surface area contributed by atoms with Crippen molar-refractivity contribution in [1.82, 2.24) is 0 Å². The SMILES string of the molecule is CCCc1sc(C(=O)/C=C/c2ccc(COc3ccc(Cl)cc3)o2)cc1Br. The van der Waals surface area contributed by atoms with E-state index in [1.54, 1.807) is 30.3 Å². The van der Waals surface area contributed by atoms with Gasteiger partial charge in [-0.05, 0) is 77.0 Å². The van der Waals surface area contributed by atoms with E-state index in [0.717, 1.165) is 22.2 Å². The van der Waals surface area contributed by atoms with Crippen LogP contribution < -0.4 is 4.74 Å². The molecule has 1 aromatic carbocycles. The highest BCUT2D eigenvalue weighted by molar-refractivity contribution is 9.10. The van der Waals surface area contributed by atoms with Gasteiger partial charge in [-0.2, -0.15) is 0 Å². The summed E-state index contributed by atoms with van der Waals surface area (Å²) in [7, 11) is 0. The number of thiophene rings is 1. The summed E-state index contributed by atoms with van der Waals surface area (Å²) >= 11 is 10.9. The van der Waals surface area contributed by atoms with Crippen LogP contribution in [0, 0.1) is 0 Å². The third-order valence-corrected chi connectivity index (χ3v) is 6.18. The topological polar surface area (TPSA) is 39.4 Å². The summed E-state index contributed by atoms with van der Waals surface area (Å²) in [4.78, 5) is 14.3. The molecular weight excluding hydrogens is 448 g/mol. The Kier molecular flexibility index (Phi) is 6.94. The second-order valence-corrected chi connectivity index (χ2v) is 8.30. The highest BCUT2D eigenvalue weighted by atomic mass is 79.9. The van der Waals surface area contributed by atoms with Gasteiger partial charge in [-0.25, -0.2) is 0 Å². The maximum atomic E-state index is 12.4. The van der Waals surface area contributed by atoms with Crippen LogP contribution in [0.25, 0.3) is 6.08 Å². The van der Waals surface area contributed by atoms with Crippen LogP contribution in [-0.4, -0.2) is 5.78 Å². The molecule has 0 bridgehead atoms. The molecule has 0 radical (unpaired) electrons. The van der Waals surface area contributed by atoms with Crippen molar-refractivity contribution in [1.29, 1.82) is 0 Å². The normalized spacial score (nSPS) is 11.2. The fraction of sp³-hybridized carbons (Fsp3) is 0.190. The van der Waals surface area contributed by atoms with E-state index in [1.165, 1.54) is 22.3 Å². The van der Waals surface area contributed by atoms with Gasteiger partial charge >= 0.3 is 0 Å². The molecule has 3 aromatic rings. The van der Waals surface area contributed by atoms with Gasteiger partial charge < -0.3 is 9.15 Å². The number of hydrogen-bond donors (Lipinski definition) is 0. The molecule has 2 heterocycles. The average Bonchev–Trinajstić information content (AvgIpc) is 3.26. The van der Waals surface area contributed by atoms with Crippen LogP contribution in [0.1, 0.15) is 39.4 Å². The van der Waals surface area contributed by atoms with Gasteiger partial charge in [-0.3, -0.25) is 4.79 Å². The quantitative estimate of drug-likeness (QED) is 0.261. The van der Waals surface area contributed by atoms with Crippen molar-refractivity contribution in [3.05, 3.63) is 79.3 Å². The van der Waals surface area contributed by atoms with Crippen molar-refractivity contribution in [2.24, 2.45) is 0 Å². The molecule has 27 heavy (non-hydrogen) atoms. The van der Waals surface area contributed by atoms with E-state index in [0.29, 0.717) is 28.9 Å². The molecule has 0 atom stereocenters. The average molecular weight is 466 g/mol. The molecule has 0 fully saturated rings. The first-order chi connectivity index (χ1) is 13.0. The lowest BCUT2D eigenvalue weighted by Gasteiger charge is -2.03. The standard InChI is InChI=1S/C21H18BrClO3S/c1-2-3-20-18(22)12-21(27-20)19(24)11-10-16-8-9-17(26-16)13-25-15-6-4-14(23)5-7-15/h4-12H,2-3,13H2,1H3/b11-10+. The van der Waals surface area contributed by atoms with Gasteiger partial charge in [0.2, 0.25) is 0 Å². The van der Waals surface area contributed by atoms with Crippen molar-refractivity contribution >= 4 is 50.7 Å². The predicted octanol–water partition coefficient (Wildman–Crippen LogP) is 7.18. The summed E-state index contributed by atoms with van der Waals surface area (Å²) in [6.07, 6.45) is 5.24. The minimum atomic E-state index is -0.0292. The van der Waals surface area contributed by atoms with Crippen molar-refractivity contribution in [2.75, 3.05) is 0 Å². The zero-order valence-corrected chi connectivity index (χ0v) is 17.9. The lowest BCUT2D eigenvalue weighted by atomic mass is 10.2. The van der Waals surface area contributed by atoms with Gasteiger partial charge in [-0.15, -0.1) is 11.3 Å². The number of carbonyl (C=O) groups excluding carboxylic acids is 1. The molecule has 0 aliphatic heterocycles. The number of furan rings is 1.